The van der Waals surface area contributed by atoms with Gasteiger partial charge in [0.15, 0.2) is 11.5 Å². The normalized spacial score (nSPS) is 20.3. The molecular weight excluding hydrogens is 326 g/mol. The third-order valence-electron chi connectivity index (χ3n) is 5.26. The lowest BCUT2D eigenvalue weighted by atomic mass is 9.76. The maximum Gasteiger partial charge on any atom is 0.274 e. The first-order valence-corrected chi connectivity index (χ1v) is 9.02. The van der Waals surface area contributed by atoms with Crippen molar-refractivity contribution in [2.24, 2.45) is 0 Å². The van der Waals surface area contributed by atoms with E-state index in [1.165, 1.54) is 5.56 Å². The van der Waals surface area contributed by atoms with Crippen molar-refractivity contribution in [2.75, 3.05) is 13.1 Å². The number of piperidine rings is 1. The Labute approximate surface area is 153 Å². The SMILES string of the molecule is Cc1ccc(-c2cc(C(=O)N3CCCC(C)(c4ccccc4)C3)n[nH]2)o1. The fraction of sp³-hybridized carbons (Fsp3) is 0.333. The number of aromatic amines is 1. The fourth-order valence-electron chi connectivity index (χ4n) is 3.79. The predicted octanol–water partition coefficient (Wildman–Crippen LogP) is 4.17. The quantitative estimate of drug-likeness (QED) is 0.772. The van der Waals surface area contributed by atoms with Crippen LogP contribution in [0.4, 0.5) is 0 Å². The molecule has 1 fully saturated rings. The second-order valence-electron chi connectivity index (χ2n) is 7.33. The zero-order valence-corrected chi connectivity index (χ0v) is 15.2. The maximum absolute atomic E-state index is 13.0. The van der Waals surface area contributed by atoms with E-state index in [4.69, 9.17) is 4.42 Å². The van der Waals surface area contributed by atoms with Gasteiger partial charge in [0.05, 0.1) is 0 Å². The average molecular weight is 349 g/mol. The Morgan fingerprint density at radius 1 is 1.23 bits per heavy atom. The van der Waals surface area contributed by atoms with Gasteiger partial charge in [-0.15, -0.1) is 0 Å². The Morgan fingerprint density at radius 3 is 2.77 bits per heavy atom. The van der Waals surface area contributed by atoms with Crippen molar-refractivity contribution in [2.45, 2.75) is 32.1 Å². The molecule has 1 amide bonds. The van der Waals surface area contributed by atoms with Gasteiger partial charge in [-0.05, 0) is 37.5 Å². The number of hydrogen-bond donors (Lipinski definition) is 1. The number of furan rings is 1. The number of aromatic nitrogens is 2. The molecule has 5 heteroatoms. The summed E-state index contributed by atoms with van der Waals surface area (Å²) in [5.41, 5.74) is 2.42. The minimum absolute atomic E-state index is 0.0214. The van der Waals surface area contributed by atoms with Gasteiger partial charge in [0.1, 0.15) is 11.5 Å². The third-order valence-corrected chi connectivity index (χ3v) is 5.26. The summed E-state index contributed by atoms with van der Waals surface area (Å²) in [6.45, 7) is 5.61. The molecule has 1 unspecified atom stereocenters. The summed E-state index contributed by atoms with van der Waals surface area (Å²) in [6.07, 6.45) is 2.07. The van der Waals surface area contributed by atoms with Crippen molar-refractivity contribution in [3.8, 4) is 11.5 Å². The standard InChI is InChI=1S/C21H23N3O2/c1-15-9-10-19(26-15)17-13-18(23-22-17)20(25)24-12-6-11-21(2,14-24)16-7-4-3-5-8-16/h3-5,7-10,13H,6,11-12,14H2,1-2H3,(H,22,23). The molecule has 1 atom stereocenters. The van der Waals surface area contributed by atoms with Gasteiger partial charge in [0, 0.05) is 24.6 Å². The number of amides is 1. The largest absolute Gasteiger partial charge is 0.460 e. The van der Waals surface area contributed by atoms with Gasteiger partial charge in [-0.2, -0.15) is 5.10 Å². The first kappa shape index (κ1) is 16.6. The van der Waals surface area contributed by atoms with Gasteiger partial charge in [0.2, 0.25) is 0 Å². The van der Waals surface area contributed by atoms with Crippen LogP contribution < -0.4 is 0 Å². The lowest BCUT2D eigenvalue weighted by molar-refractivity contribution is 0.0645. The molecule has 0 spiro atoms. The fourth-order valence-corrected chi connectivity index (χ4v) is 3.79. The van der Waals surface area contributed by atoms with E-state index in [2.05, 4.69) is 41.4 Å². The van der Waals surface area contributed by atoms with Gasteiger partial charge in [-0.25, -0.2) is 0 Å². The summed E-state index contributed by atoms with van der Waals surface area (Å²) in [6, 6.07) is 16.0. The highest BCUT2D eigenvalue weighted by Crippen LogP contribution is 2.34. The smallest absolute Gasteiger partial charge is 0.274 e. The molecule has 1 saturated heterocycles. The molecule has 26 heavy (non-hydrogen) atoms. The number of carbonyl (C=O) groups excluding carboxylic acids is 1. The highest BCUT2D eigenvalue weighted by molar-refractivity contribution is 5.93. The van der Waals surface area contributed by atoms with Crippen molar-refractivity contribution in [1.29, 1.82) is 0 Å². The van der Waals surface area contributed by atoms with Gasteiger partial charge in [-0.3, -0.25) is 9.89 Å². The number of H-pyrrole nitrogens is 1. The van der Waals surface area contributed by atoms with Crippen molar-refractivity contribution in [3.63, 3.8) is 0 Å². The molecule has 0 radical (unpaired) electrons. The van der Waals surface area contributed by atoms with Crippen LogP contribution in [0.15, 0.2) is 52.9 Å². The summed E-state index contributed by atoms with van der Waals surface area (Å²) >= 11 is 0. The number of nitrogens with zero attached hydrogens (tertiary/aromatic N) is 2. The number of benzene rings is 1. The van der Waals surface area contributed by atoms with E-state index in [1.54, 1.807) is 6.07 Å². The Bertz CT molecular complexity index is 912. The van der Waals surface area contributed by atoms with E-state index in [9.17, 15) is 4.79 Å². The molecule has 1 aliphatic rings. The molecule has 4 rings (SSSR count). The number of rotatable bonds is 3. The first-order valence-electron chi connectivity index (χ1n) is 9.02. The molecule has 2 aromatic heterocycles. The summed E-state index contributed by atoms with van der Waals surface area (Å²) in [7, 11) is 0. The summed E-state index contributed by atoms with van der Waals surface area (Å²) < 4.78 is 5.60. The summed E-state index contributed by atoms with van der Waals surface area (Å²) in [5, 5.41) is 7.14. The highest BCUT2D eigenvalue weighted by Gasteiger charge is 2.35. The molecule has 1 aliphatic heterocycles. The lowest BCUT2D eigenvalue weighted by Crippen LogP contribution is -2.47. The van der Waals surface area contributed by atoms with Gasteiger partial charge >= 0.3 is 0 Å². The van der Waals surface area contributed by atoms with Crippen molar-refractivity contribution in [3.05, 3.63) is 65.5 Å². The second kappa shape index (κ2) is 6.48. The van der Waals surface area contributed by atoms with Gasteiger partial charge in [0.25, 0.3) is 5.91 Å². The first-order chi connectivity index (χ1) is 12.5. The van der Waals surface area contributed by atoms with E-state index in [-0.39, 0.29) is 11.3 Å². The van der Waals surface area contributed by atoms with Gasteiger partial charge in [-0.1, -0.05) is 37.3 Å². The van der Waals surface area contributed by atoms with E-state index in [0.717, 1.165) is 30.8 Å². The van der Waals surface area contributed by atoms with Crippen LogP contribution in [0.2, 0.25) is 0 Å². The zero-order chi connectivity index (χ0) is 18.1. The molecule has 0 saturated carbocycles. The van der Waals surface area contributed by atoms with Crippen molar-refractivity contribution in [1.82, 2.24) is 15.1 Å². The van der Waals surface area contributed by atoms with E-state index >= 15 is 0 Å². The van der Waals surface area contributed by atoms with Crippen LogP contribution in [-0.4, -0.2) is 34.1 Å². The molecular formula is C21H23N3O2. The van der Waals surface area contributed by atoms with E-state index in [1.807, 2.05) is 30.0 Å². The summed E-state index contributed by atoms with van der Waals surface area (Å²) in [4.78, 5) is 14.9. The molecule has 0 bridgehead atoms. The molecule has 1 N–H and O–H groups in total. The Kier molecular flexibility index (Phi) is 4.15. The Balaban J connectivity index is 1.54. The molecule has 0 aliphatic carbocycles. The summed E-state index contributed by atoms with van der Waals surface area (Å²) in [5.74, 6) is 1.50. The molecule has 3 aromatic rings. The number of likely N-dealkylation sites (tertiary alicyclic amines) is 1. The van der Waals surface area contributed by atoms with Crippen LogP contribution in [0.5, 0.6) is 0 Å². The van der Waals surface area contributed by atoms with Crippen LogP contribution in [-0.2, 0) is 5.41 Å². The van der Waals surface area contributed by atoms with E-state index < -0.39 is 0 Å². The minimum atomic E-state index is -0.0300. The molecule has 3 heterocycles. The van der Waals surface area contributed by atoms with Crippen LogP contribution in [0.1, 0.15) is 41.6 Å². The molecule has 1 aromatic carbocycles. The Morgan fingerprint density at radius 2 is 2.04 bits per heavy atom. The average Bonchev–Trinajstić information content (AvgIpc) is 3.31. The predicted molar refractivity (Wildman–Crippen MR) is 100.0 cm³/mol. The number of aryl methyl sites for hydroxylation is 1. The van der Waals surface area contributed by atoms with Crippen molar-refractivity contribution < 1.29 is 9.21 Å². The van der Waals surface area contributed by atoms with E-state index in [0.29, 0.717) is 18.0 Å². The molecule has 134 valence electrons. The topological polar surface area (TPSA) is 62.1 Å². The monoisotopic (exact) mass is 349 g/mol. The van der Waals surface area contributed by atoms with Crippen LogP contribution in [0.3, 0.4) is 0 Å². The number of hydrogen-bond acceptors (Lipinski definition) is 3. The van der Waals surface area contributed by atoms with Crippen LogP contribution >= 0.6 is 0 Å². The molecule has 5 nitrogen and oxygen atoms in total. The lowest BCUT2D eigenvalue weighted by Gasteiger charge is -2.40. The number of carbonyl (C=O) groups is 1. The number of nitrogens with one attached hydrogen (secondary N) is 1. The van der Waals surface area contributed by atoms with Crippen LogP contribution in [0, 0.1) is 6.92 Å². The van der Waals surface area contributed by atoms with Gasteiger partial charge < -0.3 is 9.32 Å². The zero-order valence-electron chi connectivity index (χ0n) is 15.2. The van der Waals surface area contributed by atoms with Crippen LogP contribution in [0.25, 0.3) is 11.5 Å². The third kappa shape index (κ3) is 3.05. The van der Waals surface area contributed by atoms with Crippen molar-refractivity contribution >= 4 is 5.91 Å². The maximum atomic E-state index is 13.0. The second-order valence-corrected chi connectivity index (χ2v) is 7.33. The highest BCUT2D eigenvalue weighted by atomic mass is 16.3. The minimum Gasteiger partial charge on any atom is -0.460 e. The Hall–Kier alpha value is -2.82.